The molecule has 0 radical (unpaired) electrons. The minimum atomic E-state index is -4.31. The number of aromatic nitrogens is 3. The van der Waals surface area contributed by atoms with Crippen molar-refractivity contribution in [3.8, 4) is 0 Å². The average molecular weight is 429 g/mol. The van der Waals surface area contributed by atoms with Gasteiger partial charge in [-0.1, -0.05) is 18.2 Å². The van der Waals surface area contributed by atoms with Crippen molar-refractivity contribution in [3.63, 3.8) is 0 Å². The SMILES string of the molecule is CCn1ccnc1CN1CCC[C@H](c2cccc(Cc3ccc(C(F)(F)F)cc3)n2)C1. The number of pyridine rings is 1. The summed E-state index contributed by atoms with van der Waals surface area (Å²) in [5, 5.41) is 0. The molecule has 4 nitrogen and oxygen atoms in total. The fraction of sp³-hybridized carbons (Fsp3) is 0.417. The highest BCUT2D eigenvalue weighted by Crippen LogP contribution is 2.30. The Morgan fingerprint density at radius 2 is 1.90 bits per heavy atom. The number of rotatable bonds is 6. The van der Waals surface area contributed by atoms with Crippen LogP contribution in [0, 0.1) is 0 Å². The maximum Gasteiger partial charge on any atom is 0.416 e. The van der Waals surface area contributed by atoms with Gasteiger partial charge in [0.2, 0.25) is 0 Å². The Morgan fingerprint density at radius 3 is 2.65 bits per heavy atom. The molecule has 1 aromatic carbocycles. The zero-order valence-electron chi connectivity index (χ0n) is 17.6. The third kappa shape index (κ3) is 5.34. The number of likely N-dealkylation sites (tertiary alicyclic amines) is 1. The molecule has 1 aliphatic heterocycles. The van der Waals surface area contributed by atoms with Gasteiger partial charge in [0, 0.05) is 49.2 Å². The zero-order chi connectivity index (χ0) is 21.8. The van der Waals surface area contributed by atoms with E-state index in [1.165, 1.54) is 12.1 Å². The van der Waals surface area contributed by atoms with E-state index in [1.807, 2.05) is 24.5 Å². The summed E-state index contributed by atoms with van der Waals surface area (Å²) in [7, 11) is 0. The average Bonchev–Trinajstić information content (AvgIpc) is 3.21. The maximum absolute atomic E-state index is 12.8. The Morgan fingerprint density at radius 1 is 1.10 bits per heavy atom. The van der Waals surface area contributed by atoms with E-state index in [0.29, 0.717) is 12.3 Å². The van der Waals surface area contributed by atoms with E-state index in [4.69, 9.17) is 4.98 Å². The molecule has 0 saturated carbocycles. The summed E-state index contributed by atoms with van der Waals surface area (Å²) >= 11 is 0. The Hall–Kier alpha value is -2.67. The van der Waals surface area contributed by atoms with Crippen LogP contribution >= 0.6 is 0 Å². The molecule has 31 heavy (non-hydrogen) atoms. The van der Waals surface area contributed by atoms with Gasteiger partial charge >= 0.3 is 6.18 Å². The van der Waals surface area contributed by atoms with Crippen LogP contribution < -0.4 is 0 Å². The number of imidazole rings is 1. The molecule has 7 heteroatoms. The fourth-order valence-electron chi connectivity index (χ4n) is 4.26. The van der Waals surface area contributed by atoms with Crippen molar-refractivity contribution in [2.45, 2.75) is 51.4 Å². The first-order valence-corrected chi connectivity index (χ1v) is 10.8. The second-order valence-electron chi connectivity index (χ2n) is 8.13. The van der Waals surface area contributed by atoms with Crippen LogP contribution in [0.1, 0.15) is 54.0 Å². The molecule has 0 spiro atoms. The predicted octanol–water partition coefficient (Wildman–Crippen LogP) is 5.29. The van der Waals surface area contributed by atoms with Gasteiger partial charge in [0.05, 0.1) is 12.1 Å². The van der Waals surface area contributed by atoms with Gasteiger partial charge in [-0.2, -0.15) is 13.2 Å². The lowest BCUT2D eigenvalue weighted by atomic mass is 9.94. The van der Waals surface area contributed by atoms with E-state index in [-0.39, 0.29) is 0 Å². The maximum atomic E-state index is 12.8. The van der Waals surface area contributed by atoms with Gasteiger partial charge in [-0.3, -0.25) is 9.88 Å². The first-order valence-electron chi connectivity index (χ1n) is 10.8. The Bertz CT molecular complexity index is 995. The predicted molar refractivity (Wildman–Crippen MR) is 114 cm³/mol. The standard InChI is InChI=1S/C24H27F3N4/c1-2-31-14-12-28-23(31)17-30-13-4-5-19(16-30)22-7-3-6-21(29-22)15-18-8-10-20(11-9-18)24(25,26)27/h3,6-12,14,19H,2,4-5,13,15-17H2,1H3/t19-/m0/s1. The highest BCUT2D eigenvalue weighted by Gasteiger charge is 2.30. The molecule has 0 amide bonds. The van der Waals surface area contributed by atoms with E-state index in [2.05, 4.69) is 27.4 Å². The molecular formula is C24H27F3N4. The van der Waals surface area contributed by atoms with Gasteiger partial charge in [0.1, 0.15) is 5.82 Å². The molecule has 164 valence electrons. The summed E-state index contributed by atoms with van der Waals surface area (Å²) in [6, 6.07) is 11.4. The number of piperidine rings is 1. The molecule has 1 saturated heterocycles. The second-order valence-corrected chi connectivity index (χ2v) is 8.13. The van der Waals surface area contributed by atoms with Crippen molar-refractivity contribution in [1.82, 2.24) is 19.4 Å². The van der Waals surface area contributed by atoms with Crippen molar-refractivity contribution in [2.75, 3.05) is 13.1 Å². The molecule has 0 bridgehead atoms. The van der Waals surface area contributed by atoms with Gasteiger partial charge in [-0.15, -0.1) is 0 Å². The molecule has 0 aliphatic carbocycles. The number of halogens is 3. The Balaban J connectivity index is 1.42. The molecule has 1 aliphatic rings. The van der Waals surface area contributed by atoms with Crippen molar-refractivity contribution in [2.24, 2.45) is 0 Å². The lowest BCUT2D eigenvalue weighted by Crippen LogP contribution is -2.35. The smallest absolute Gasteiger partial charge is 0.334 e. The number of hydrogen-bond acceptors (Lipinski definition) is 3. The minimum absolute atomic E-state index is 0.353. The summed E-state index contributed by atoms with van der Waals surface area (Å²) in [6.07, 6.45) is 2.29. The zero-order valence-corrected chi connectivity index (χ0v) is 17.6. The first-order chi connectivity index (χ1) is 14.9. The Kier molecular flexibility index (Phi) is 6.41. The fourth-order valence-corrected chi connectivity index (χ4v) is 4.26. The van der Waals surface area contributed by atoms with E-state index in [1.54, 1.807) is 0 Å². The number of hydrogen-bond donors (Lipinski definition) is 0. The highest BCUT2D eigenvalue weighted by atomic mass is 19.4. The van der Waals surface area contributed by atoms with E-state index < -0.39 is 11.7 Å². The molecule has 3 aromatic rings. The van der Waals surface area contributed by atoms with Crippen LogP contribution in [0.5, 0.6) is 0 Å². The lowest BCUT2D eigenvalue weighted by molar-refractivity contribution is -0.137. The molecule has 1 fully saturated rings. The second kappa shape index (κ2) is 9.22. The van der Waals surface area contributed by atoms with Gasteiger partial charge in [-0.05, 0) is 56.1 Å². The molecular weight excluding hydrogens is 401 g/mol. The topological polar surface area (TPSA) is 34.0 Å². The van der Waals surface area contributed by atoms with Crippen LogP contribution in [-0.2, 0) is 25.7 Å². The molecule has 1 atom stereocenters. The van der Waals surface area contributed by atoms with Crippen molar-refractivity contribution >= 4 is 0 Å². The monoisotopic (exact) mass is 428 g/mol. The lowest BCUT2D eigenvalue weighted by Gasteiger charge is -2.32. The third-order valence-corrected chi connectivity index (χ3v) is 5.93. The first kappa shape index (κ1) is 21.6. The molecule has 0 N–H and O–H groups in total. The number of aryl methyl sites for hydroxylation is 1. The quantitative estimate of drug-likeness (QED) is 0.535. The van der Waals surface area contributed by atoms with E-state index >= 15 is 0 Å². The summed E-state index contributed by atoms with van der Waals surface area (Å²) < 4.78 is 40.5. The molecule has 4 rings (SSSR count). The van der Waals surface area contributed by atoms with Gasteiger partial charge in [0.15, 0.2) is 0 Å². The molecule has 2 aromatic heterocycles. The third-order valence-electron chi connectivity index (χ3n) is 5.93. The van der Waals surface area contributed by atoms with Gasteiger partial charge < -0.3 is 4.57 Å². The van der Waals surface area contributed by atoms with E-state index in [0.717, 1.165) is 73.9 Å². The summed E-state index contributed by atoms with van der Waals surface area (Å²) in [4.78, 5) is 11.8. The van der Waals surface area contributed by atoms with Crippen LogP contribution in [0.4, 0.5) is 13.2 Å². The van der Waals surface area contributed by atoms with Gasteiger partial charge in [-0.25, -0.2) is 4.98 Å². The minimum Gasteiger partial charge on any atom is -0.334 e. The molecule has 3 heterocycles. The van der Waals surface area contributed by atoms with Crippen molar-refractivity contribution < 1.29 is 13.2 Å². The van der Waals surface area contributed by atoms with Crippen LogP contribution in [0.15, 0.2) is 54.9 Å². The van der Waals surface area contributed by atoms with Crippen molar-refractivity contribution in [3.05, 3.63) is 83.2 Å². The van der Waals surface area contributed by atoms with Crippen LogP contribution in [-0.4, -0.2) is 32.5 Å². The number of alkyl halides is 3. The normalized spacial score (nSPS) is 17.7. The number of benzene rings is 1. The summed E-state index contributed by atoms with van der Waals surface area (Å²) in [5.74, 6) is 1.44. The Labute approximate surface area is 180 Å². The number of nitrogens with zero attached hydrogens (tertiary/aromatic N) is 4. The summed E-state index contributed by atoms with van der Waals surface area (Å²) in [6.45, 7) is 5.87. The van der Waals surface area contributed by atoms with Crippen molar-refractivity contribution in [1.29, 1.82) is 0 Å². The van der Waals surface area contributed by atoms with Crippen LogP contribution in [0.2, 0.25) is 0 Å². The molecule has 0 unspecified atom stereocenters. The van der Waals surface area contributed by atoms with E-state index in [9.17, 15) is 13.2 Å². The van der Waals surface area contributed by atoms with Gasteiger partial charge in [0.25, 0.3) is 0 Å². The highest BCUT2D eigenvalue weighted by molar-refractivity contribution is 5.28. The van der Waals surface area contributed by atoms with Crippen LogP contribution in [0.25, 0.3) is 0 Å². The summed E-state index contributed by atoms with van der Waals surface area (Å²) in [5.41, 5.74) is 2.15. The largest absolute Gasteiger partial charge is 0.416 e. The van der Waals surface area contributed by atoms with Crippen LogP contribution in [0.3, 0.4) is 0 Å².